The summed E-state index contributed by atoms with van der Waals surface area (Å²) in [6, 6.07) is 0. The van der Waals surface area contributed by atoms with Crippen LogP contribution in [0, 0.1) is 0 Å². The molecule has 0 amide bonds. The Morgan fingerprint density at radius 3 is 2.29 bits per heavy atom. The van der Waals surface area contributed by atoms with Crippen LogP contribution in [0.15, 0.2) is 11.5 Å². The normalized spacial score (nSPS) is 14.4. The Bertz CT molecular complexity index is 106. The van der Waals surface area contributed by atoms with E-state index in [0.717, 1.165) is 0 Å². The number of aldehydes is 1. The number of carbonyl (C=O) groups excluding carboxylic acids is 1. The van der Waals surface area contributed by atoms with E-state index in [2.05, 4.69) is 0 Å². The van der Waals surface area contributed by atoms with Crippen molar-refractivity contribution >= 4 is 17.1 Å². The number of allylic oxidation sites excluding steroid dienone is 1. The van der Waals surface area contributed by atoms with Crippen molar-refractivity contribution in [2.75, 3.05) is 6.26 Å². The van der Waals surface area contributed by atoms with Crippen molar-refractivity contribution < 1.29 is 9.00 Å². The van der Waals surface area contributed by atoms with Crippen LogP contribution >= 0.6 is 0 Å². The molecule has 1 unspecified atom stereocenters. The van der Waals surface area contributed by atoms with Gasteiger partial charge in [-0.15, -0.1) is 0 Å². The fourth-order valence-electron chi connectivity index (χ4n) is 0.143. The first-order valence-corrected chi connectivity index (χ1v) is 3.33. The van der Waals surface area contributed by atoms with E-state index in [9.17, 15) is 9.00 Å². The number of carbonyl (C=O) groups is 1. The Balaban J connectivity index is 3.46. The molecule has 0 fully saturated rings. The molecule has 0 spiro atoms. The monoisotopic (exact) mass is 118 g/mol. The average molecular weight is 118 g/mol. The first kappa shape index (κ1) is 6.56. The van der Waals surface area contributed by atoms with Crippen LogP contribution in [0.3, 0.4) is 0 Å². The number of hydrogen-bond donors (Lipinski definition) is 0. The zero-order chi connectivity index (χ0) is 5.70. The number of rotatable bonds is 2. The minimum absolute atomic E-state index is 0.599. The Labute approximate surface area is 44.7 Å². The molecule has 1 atom stereocenters. The van der Waals surface area contributed by atoms with Gasteiger partial charge in [0.15, 0.2) is 0 Å². The molecular weight excluding hydrogens is 112 g/mol. The van der Waals surface area contributed by atoms with Crippen molar-refractivity contribution in [2.45, 2.75) is 0 Å². The molecule has 2 nitrogen and oxygen atoms in total. The van der Waals surface area contributed by atoms with Crippen LogP contribution < -0.4 is 0 Å². The van der Waals surface area contributed by atoms with Crippen LogP contribution in [0.25, 0.3) is 0 Å². The van der Waals surface area contributed by atoms with E-state index >= 15 is 0 Å². The van der Waals surface area contributed by atoms with Gasteiger partial charge in [0.25, 0.3) is 0 Å². The van der Waals surface area contributed by atoms with Crippen LogP contribution in [0.1, 0.15) is 0 Å². The fraction of sp³-hybridized carbons (Fsp3) is 0.250. The Hall–Kier alpha value is -0.440. The van der Waals surface area contributed by atoms with Crippen LogP contribution in [0.2, 0.25) is 0 Å². The van der Waals surface area contributed by atoms with Crippen molar-refractivity contribution in [3.8, 4) is 0 Å². The largest absolute Gasteiger partial charge is 0.299 e. The topological polar surface area (TPSA) is 34.1 Å². The minimum Gasteiger partial charge on any atom is -0.299 e. The molecular formula is C4H6O2S. The molecule has 0 aromatic rings. The van der Waals surface area contributed by atoms with Crippen LogP contribution in [-0.2, 0) is 15.6 Å². The molecule has 0 radical (unpaired) electrons. The van der Waals surface area contributed by atoms with Crippen molar-refractivity contribution in [2.24, 2.45) is 0 Å². The van der Waals surface area contributed by atoms with Gasteiger partial charge in [-0.2, -0.15) is 0 Å². The van der Waals surface area contributed by atoms with Gasteiger partial charge in [0.1, 0.15) is 6.29 Å². The lowest BCUT2D eigenvalue weighted by Crippen LogP contribution is -1.73. The average Bonchev–Trinajstić information content (AvgIpc) is 1.61. The minimum atomic E-state index is -0.977. The van der Waals surface area contributed by atoms with E-state index in [-0.39, 0.29) is 0 Å². The molecule has 0 aromatic carbocycles. The van der Waals surface area contributed by atoms with Crippen molar-refractivity contribution in [1.29, 1.82) is 0 Å². The van der Waals surface area contributed by atoms with Gasteiger partial charge in [-0.05, 0) is 6.08 Å². The second-order valence-electron chi connectivity index (χ2n) is 0.963. The second-order valence-corrected chi connectivity index (χ2v) is 2.23. The fourth-order valence-corrected chi connectivity index (χ4v) is 0.428. The standard InChI is InChI=1S/C4H6O2S/c1-7(6)4-2-3-5/h2-4H,1H3/b4-2+. The van der Waals surface area contributed by atoms with Gasteiger partial charge in [0, 0.05) is 22.5 Å². The highest BCUT2D eigenvalue weighted by Crippen LogP contribution is 1.72. The van der Waals surface area contributed by atoms with Crippen LogP contribution in [-0.4, -0.2) is 16.8 Å². The quantitative estimate of drug-likeness (QED) is 0.380. The van der Waals surface area contributed by atoms with Crippen molar-refractivity contribution in [1.82, 2.24) is 0 Å². The van der Waals surface area contributed by atoms with E-state index in [0.29, 0.717) is 6.29 Å². The van der Waals surface area contributed by atoms with Gasteiger partial charge in [0.05, 0.1) is 0 Å². The molecule has 40 valence electrons. The zero-order valence-corrected chi connectivity index (χ0v) is 4.77. The predicted molar refractivity (Wildman–Crippen MR) is 29.3 cm³/mol. The molecule has 0 rings (SSSR count). The lowest BCUT2D eigenvalue weighted by Gasteiger charge is -1.70. The summed E-state index contributed by atoms with van der Waals surface area (Å²) in [5.74, 6) is 0. The highest BCUT2D eigenvalue weighted by molar-refractivity contribution is 7.87. The Morgan fingerprint density at radius 2 is 2.14 bits per heavy atom. The van der Waals surface area contributed by atoms with E-state index in [4.69, 9.17) is 0 Å². The summed E-state index contributed by atoms with van der Waals surface area (Å²) in [4.78, 5) is 9.49. The molecule has 0 bridgehead atoms. The summed E-state index contributed by atoms with van der Waals surface area (Å²) in [7, 11) is -0.977. The summed E-state index contributed by atoms with van der Waals surface area (Å²) in [5.41, 5.74) is 0. The van der Waals surface area contributed by atoms with Gasteiger partial charge in [0.2, 0.25) is 0 Å². The predicted octanol–water partition coefficient (Wildman–Crippen LogP) is 0.0775. The first-order chi connectivity index (χ1) is 3.27. The Kier molecular flexibility index (Phi) is 3.50. The third kappa shape index (κ3) is 5.56. The summed E-state index contributed by atoms with van der Waals surface area (Å²) in [5, 5.41) is 1.33. The highest BCUT2D eigenvalue weighted by atomic mass is 32.2. The van der Waals surface area contributed by atoms with Gasteiger partial charge >= 0.3 is 0 Å². The van der Waals surface area contributed by atoms with E-state index in [1.165, 1.54) is 17.7 Å². The molecule has 0 aliphatic rings. The molecule has 0 saturated carbocycles. The first-order valence-electron chi connectivity index (χ1n) is 1.71. The molecule has 0 heterocycles. The van der Waals surface area contributed by atoms with Crippen molar-refractivity contribution in [3.05, 3.63) is 11.5 Å². The van der Waals surface area contributed by atoms with Gasteiger partial charge in [-0.1, -0.05) is 0 Å². The SMILES string of the molecule is CS(=O)/C=C/C=O. The molecule has 7 heavy (non-hydrogen) atoms. The van der Waals surface area contributed by atoms with Gasteiger partial charge < -0.3 is 0 Å². The molecule has 0 aromatic heterocycles. The van der Waals surface area contributed by atoms with Gasteiger partial charge in [-0.25, -0.2) is 0 Å². The molecule has 0 N–H and O–H groups in total. The molecule has 3 heteroatoms. The van der Waals surface area contributed by atoms with Crippen LogP contribution in [0.5, 0.6) is 0 Å². The van der Waals surface area contributed by atoms with Crippen LogP contribution in [0.4, 0.5) is 0 Å². The third-order valence-corrected chi connectivity index (χ3v) is 0.889. The van der Waals surface area contributed by atoms with Crippen molar-refractivity contribution in [3.63, 3.8) is 0 Å². The highest BCUT2D eigenvalue weighted by Gasteiger charge is 1.72. The number of hydrogen-bond acceptors (Lipinski definition) is 2. The third-order valence-electron chi connectivity index (χ3n) is 0.349. The van der Waals surface area contributed by atoms with E-state index < -0.39 is 10.8 Å². The zero-order valence-electron chi connectivity index (χ0n) is 3.96. The summed E-state index contributed by atoms with van der Waals surface area (Å²) < 4.78 is 10.1. The maximum absolute atomic E-state index is 10.1. The lowest BCUT2D eigenvalue weighted by atomic mass is 10.7. The molecule has 0 saturated heterocycles. The molecule has 0 aliphatic heterocycles. The smallest absolute Gasteiger partial charge is 0.143 e. The van der Waals surface area contributed by atoms with Gasteiger partial charge in [-0.3, -0.25) is 9.00 Å². The van der Waals surface area contributed by atoms with E-state index in [1.54, 1.807) is 0 Å². The summed E-state index contributed by atoms with van der Waals surface area (Å²) in [6.07, 6.45) is 3.32. The maximum atomic E-state index is 10.1. The summed E-state index contributed by atoms with van der Waals surface area (Å²) in [6.45, 7) is 0. The molecule has 0 aliphatic carbocycles. The van der Waals surface area contributed by atoms with E-state index in [1.807, 2.05) is 0 Å². The maximum Gasteiger partial charge on any atom is 0.143 e. The second kappa shape index (κ2) is 3.74. The lowest BCUT2D eigenvalue weighted by molar-refractivity contribution is -0.104. The summed E-state index contributed by atoms with van der Waals surface area (Å²) >= 11 is 0. The Morgan fingerprint density at radius 1 is 1.57 bits per heavy atom.